The largest absolute Gasteiger partial charge is 0.377 e. The number of ether oxygens (including phenoxy) is 1. The fraction of sp³-hybridized carbons (Fsp3) is 0.267. The van der Waals surface area contributed by atoms with E-state index in [0.717, 1.165) is 11.5 Å². The second-order valence-corrected chi connectivity index (χ2v) is 4.60. The summed E-state index contributed by atoms with van der Waals surface area (Å²) in [6.07, 6.45) is 5.21. The van der Waals surface area contributed by atoms with Crippen LogP contribution in [0.15, 0.2) is 43.0 Å². The monoisotopic (exact) mass is 283 g/mol. The minimum atomic E-state index is 0.622. The Balaban J connectivity index is 1.77. The van der Waals surface area contributed by atoms with Crippen LogP contribution in [0, 0.1) is 0 Å². The minimum Gasteiger partial charge on any atom is -0.377 e. The van der Waals surface area contributed by atoms with E-state index in [-0.39, 0.29) is 0 Å². The van der Waals surface area contributed by atoms with Gasteiger partial charge in [0.15, 0.2) is 5.82 Å². The van der Waals surface area contributed by atoms with Crippen molar-refractivity contribution in [3.8, 4) is 0 Å². The molecule has 2 aromatic heterocycles. The molecule has 108 valence electrons. The molecule has 0 saturated carbocycles. The van der Waals surface area contributed by atoms with Crippen molar-refractivity contribution in [3.05, 3.63) is 54.1 Å². The van der Waals surface area contributed by atoms with Gasteiger partial charge < -0.3 is 10.1 Å². The average molecular weight is 283 g/mol. The third kappa shape index (κ3) is 3.00. The van der Waals surface area contributed by atoms with Crippen LogP contribution in [0.5, 0.6) is 0 Å². The summed E-state index contributed by atoms with van der Waals surface area (Å²) in [5.41, 5.74) is 3.09. The predicted octanol–water partition coefficient (Wildman–Crippen LogP) is 2.27. The second kappa shape index (κ2) is 6.32. The number of anilines is 1. The Bertz CT molecular complexity index is 725. The van der Waals surface area contributed by atoms with Gasteiger partial charge in [0.2, 0.25) is 5.65 Å². The van der Waals surface area contributed by atoms with Crippen LogP contribution < -0.4 is 5.32 Å². The molecule has 0 unspecified atom stereocenters. The summed E-state index contributed by atoms with van der Waals surface area (Å²) in [6, 6.07) is 8.22. The van der Waals surface area contributed by atoms with E-state index in [1.807, 2.05) is 29.7 Å². The molecule has 0 bridgehead atoms. The van der Waals surface area contributed by atoms with Gasteiger partial charge in [-0.15, -0.1) is 10.2 Å². The molecule has 21 heavy (non-hydrogen) atoms. The van der Waals surface area contributed by atoms with Crippen molar-refractivity contribution in [2.75, 3.05) is 11.9 Å². The zero-order valence-corrected chi connectivity index (χ0v) is 11.9. The first-order valence-electron chi connectivity index (χ1n) is 6.91. The lowest BCUT2D eigenvalue weighted by atomic mass is 10.1. The Morgan fingerprint density at radius 3 is 2.95 bits per heavy atom. The molecule has 2 heterocycles. The van der Waals surface area contributed by atoms with Crippen LogP contribution in [0.1, 0.15) is 18.1 Å². The van der Waals surface area contributed by atoms with Crippen molar-refractivity contribution in [3.63, 3.8) is 0 Å². The highest BCUT2D eigenvalue weighted by molar-refractivity contribution is 5.61. The third-order valence-corrected chi connectivity index (χ3v) is 3.24. The van der Waals surface area contributed by atoms with Crippen molar-refractivity contribution in [2.45, 2.75) is 20.1 Å². The standard InChI is InChI=1S/C15H17N5O/c1-2-21-10-13-6-4-3-5-12(13)9-17-14-15-19-18-11-20(15)8-7-16-14/h3-8,11H,2,9-10H2,1H3,(H,16,17). The number of hydrogen-bond acceptors (Lipinski definition) is 5. The molecule has 0 fully saturated rings. The van der Waals surface area contributed by atoms with E-state index >= 15 is 0 Å². The maximum atomic E-state index is 5.50. The quantitative estimate of drug-likeness (QED) is 0.752. The van der Waals surface area contributed by atoms with E-state index < -0.39 is 0 Å². The molecule has 0 atom stereocenters. The molecule has 0 aliphatic rings. The van der Waals surface area contributed by atoms with E-state index in [4.69, 9.17) is 4.74 Å². The van der Waals surface area contributed by atoms with Gasteiger partial charge in [0, 0.05) is 25.5 Å². The Morgan fingerprint density at radius 2 is 2.10 bits per heavy atom. The molecule has 3 rings (SSSR count). The highest BCUT2D eigenvalue weighted by Crippen LogP contribution is 2.15. The van der Waals surface area contributed by atoms with Gasteiger partial charge >= 0.3 is 0 Å². The summed E-state index contributed by atoms with van der Waals surface area (Å²) in [6.45, 7) is 4.00. The molecular formula is C15H17N5O. The Morgan fingerprint density at radius 1 is 1.24 bits per heavy atom. The number of nitrogens with one attached hydrogen (secondary N) is 1. The Kier molecular flexibility index (Phi) is 4.07. The summed E-state index contributed by atoms with van der Waals surface area (Å²) < 4.78 is 7.33. The zero-order chi connectivity index (χ0) is 14.5. The Labute approximate surface area is 122 Å². The SMILES string of the molecule is CCOCc1ccccc1CNc1nccn2cnnc12. The molecular weight excluding hydrogens is 266 g/mol. The van der Waals surface area contributed by atoms with Crippen molar-refractivity contribution in [2.24, 2.45) is 0 Å². The fourth-order valence-corrected chi connectivity index (χ4v) is 2.15. The number of fused-ring (bicyclic) bond motifs is 1. The fourth-order valence-electron chi connectivity index (χ4n) is 2.15. The number of rotatable bonds is 6. The molecule has 0 amide bonds. The minimum absolute atomic E-state index is 0.622. The average Bonchev–Trinajstić information content (AvgIpc) is 3.01. The molecule has 0 saturated heterocycles. The third-order valence-electron chi connectivity index (χ3n) is 3.24. The summed E-state index contributed by atoms with van der Waals surface area (Å²) in [5, 5.41) is 11.3. The molecule has 0 aliphatic heterocycles. The van der Waals surface area contributed by atoms with E-state index in [1.165, 1.54) is 11.1 Å². The highest BCUT2D eigenvalue weighted by atomic mass is 16.5. The summed E-state index contributed by atoms with van der Waals surface area (Å²) in [4.78, 5) is 4.32. The van der Waals surface area contributed by atoms with Crippen LogP contribution in [0.25, 0.3) is 5.65 Å². The van der Waals surface area contributed by atoms with Gasteiger partial charge in [-0.1, -0.05) is 24.3 Å². The summed E-state index contributed by atoms with van der Waals surface area (Å²) >= 11 is 0. The van der Waals surface area contributed by atoms with Crippen molar-refractivity contribution >= 4 is 11.5 Å². The maximum Gasteiger partial charge on any atom is 0.203 e. The second-order valence-electron chi connectivity index (χ2n) is 4.60. The number of benzene rings is 1. The maximum absolute atomic E-state index is 5.50. The van der Waals surface area contributed by atoms with Gasteiger partial charge in [-0.2, -0.15) is 0 Å². The lowest BCUT2D eigenvalue weighted by Crippen LogP contribution is -2.06. The van der Waals surface area contributed by atoms with Crippen LogP contribution >= 0.6 is 0 Å². The normalized spacial score (nSPS) is 10.9. The van der Waals surface area contributed by atoms with E-state index in [1.54, 1.807) is 12.5 Å². The molecule has 0 radical (unpaired) electrons. The van der Waals surface area contributed by atoms with Crippen LogP contribution in [0.4, 0.5) is 5.82 Å². The van der Waals surface area contributed by atoms with Crippen molar-refractivity contribution in [1.82, 2.24) is 19.6 Å². The predicted molar refractivity (Wildman–Crippen MR) is 79.9 cm³/mol. The molecule has 0 spiro atoms. The zero-order valence-electron chi connectivity index (χ0n) is 11.9. The van der Waals surface area contributed by atoms with Crippen LogP contribution in [-0.4, -0.2) is 26.2 Å². The first kappa shape index (κ1) is 13.5. The highest BCUT2D eigenvalue weighted by Gasteiger charge is 2.06. The Hall–Kier alpha value is -2.47. The van der Waals surface area contributed by atoms with Crippen LogP contribution in [0.2, 0.25) is 0 Å². The lowest BCUT2D eigenvalue weighted by molar-refractivity contribution is 0.133. The van der Waals surface area contributed by atoms with Crippen molar-refractivity contribution < 1.29 is 4.74 Å². The molecule has 3 aromatic rings. The first-order chi connectivity index (χ1) is 10.4. The topological polar surface area (TPSA) is 64.3 Å². The van der Waals surface area contributed by atoms with E-state index in [2.05, 4.69) is 32.6 Å². The van der Waals surface area contributed by atoms with Gasteiger partial charge in [-0.05, 0) is 18.1 Å². The number of hydrogen-bond donors (Lipinski definition) is 1. The summed E-state index contributed by atoms with van der Waals surface area (Å²) in [7, 11) is 0. The molecule has 6 nitrogen and oxygen atoms in total. The molecule has 0 aliphatic carbocycles. The summed E-state index contributed by atoms with van der Waals surface area (Å²) in [5.74, 6) is 0.723. The molecule has 1 N–H and O–H groups in total. The van der Waals surface area contributed by atoms with Gasteiger partial charge in [0.05, 0.1) is 6.61 Å². The molecule has 1 aromatic carbocycles. The molecule has 6 heteroatoms. The first-order valence-corrected chi connectivity index (χ1v) is 6.91. The van der Waals surface area contributed by atoms with E-state index in [9.17, 15) is 0 Å². The van der Waals surface area contributed by atoms with Gasteiger partial charge in [-0.3, -0.25) is 4.40 Å². The smallest absolute Gasteiger partial charge is 0.203 e. The van der Waals surface area contributed by atoms with Crippen LogP contribution in [0.3, 0.4) is 0 Å². The van der Waals surface area contributed by atoms with Gasteiger partial charge in [0.25, 0.3) is 0 Å². The van der Waals surface area contributed by atoms with E-state index in [0.29, 0.717) is 19.8 Å². The van der Waals surface area contributed by atoms with Crippen LogP contribution in [-0.2, 0) is 17.9 Å². The van der Waals surface area contributed by atoms with Crippen molar-refractivity contribution in [1.29, 1.82) is 0 Å². The van der Waals surface area contributed by atoms with Gasteiger partial charge in [-0.25, -0.2) is 4.98 Å². The number of nitrogens with zero attached hydrogens (tertiary/aromatic N) is 4. The lowest BCUT2D eigenvalue weighted by Gasteiger charge is -2.11. The number of aromatic nitrogens is 4. The van der Waals surface area contributed by atoms with Gasteiger partial charge in [0.1, 0.15) is 6.33 Å².